The predicted octanol–water partition coefficient (Wildman–Crippen LogP) is 4.99. The van der Waals surface area contributed by atoms with E-state index in [0.717, 1.165) is 15.6 Å². The molecule has 1 aliphatic rings. The molecule has 1 saturated heterocycles. The highest BCUT2D eigenvalue weighted by molar-refractivity contribution is 9.10. The Bertz CT molecular complexity index is 1280. The van der Waals surface area contributed by atoms with Crippen LogP contribution in [0.5, 0.6) is 11.5 Å². The molecule has 4 rings (SSSR count). The van der Waals surface area contributed by atoms with Gasteiger partial charge in [-0.1, -0.05) is 58.0 Å². The van der Waals surface area contributed by atoms with E-state index in [2.05, 4.69) is 36.8 Å². The Morgan fingerprint density at radius 3 is 2.64 bits per heavy atom. The molecule has 0 saturated carbocycles. The smallest absolute Gasteiger partial charge is 0.240 e. The Balaban J connectivity index is 1.31. The lowest BCUT2D eigenvalue weighted by Gasteiger charge is -2.11. The van der Waals surface area contributed by atoms with E-state index in [1.54, 1.807) is 31.5 Å². The second-order valence-electron chi connectivity index (χ2n) is 7.69. The number of benzene rings is 3. The van der Waals surface area contributed by atoms with E-state index in [4.69, 9.17) is 9.47 Å². The molecule has 2 amide bonds. The first-order valence-corrected chi connectivity index (χ1v) is 12.7. The van der Waals surface area contributed by atoms with Crippen LogP contribution in [-0.2, 0) is 16.2 Å². The minimum atomic E-state index is -0.574. The zero-order valence-electron chi connectivity index (χ0n) is 19.3. The van der Waals surface area contributed by atoms with Gasteiger partial charge in [-0.15, -0.1) is 5.10 Å². The number of anilines is 1. The van der Waals surface area contributed by atoms with Gasteiger partial charge in [0.05, 0.1) is 13.3 Å². The second kappa shape index (κ2) is 12.4. The molecule has 0 aliphatic carbocycles. The van der Waals surface area contributed by atoms with Gasteiger partial charge in [-0.25, -0.2) is 0 Å². The van der Waals surface area contributed by atoms with E-state index < -0.39 is 5.25 Å². The van der Waals surface area contributed by atoms with Crippen molar-refractivity contribution in [2.45, 2.75) is 18.3 Å². The first kappa shape index (κ1) is 25.5. The highest BCUT2D eigenvalue weighted by Gasteiger charge is 2.32. The Labute approximate surface area is 221 Å². The third kappa shape index (κ3) is 7.19. The van der Waals surface area contributed by atoms with Crippen LogP contribution < -0.4 is 20.1 Å². The molecule has 0 aromatic heterocycles. The van der Waals surface area contributed by atoms with Crippen molar-refractivity contribution in [3.63, 3.8) is 0 Å². The van der Waals surface area contributed by atoms with Gasteiger partial charge in [-0.05, 0) is 53.6 Å². The quantitative estimate of drug-likeness (QED) is 0.281. The zero-order valence-corrected chi connectivity index (χ0v) is 21.7. The van der Waals surface area contributed by atoms with E-state index in [-0.39, 0.29) is 18.2 Å². The average molecular weight is 567 g/mol. The number of hydrogen-bond donors (Lipinski definition) is 2. The molecule has 0 bridgehead atoms. The van der Waals surface area contributed by atoms with Crippen molar-refractivity contribution in [2.24, 2.45) is 10.2 Å². The summed E-state index contributed by atoms with van der Waals surface area (Å²) in [6.07, 6.45) is 1.58. The van der Waals surface area contributed by atoms with E-state index in [1.165, 1.54) is 11.8 Å². The summed E-state index contributed by atoms with van der Waals surface area (Å²) >= 11 is 4.52. The molecule has 1 fully saturated rings. The predicted molar refractivity (Wildman–Crippen MR) is 146 cm³/mol. The van der Waals surface area contributed by atoms with Crippen LogP contribution >= 0.6 is 27.7 Å². The van der Waals surface area contributed by atoms with Crippen LogP contribution in [0, 0.1) is 0 Å². The number of rotatable bonds is 9. The van der Waals surface area contributed by atoms with Crippen LogP contribution in [0.3, 0.4) is 0 Å². The summed E-state index contributed by atoms with van der Waals surface area (Å²) < 4.78 is 12.2. The summed E-state index contributed by atoms with van der Waals surface area (Å²) in [6, 6.07) is 22.5. The molecule has 0 radical (unpaired) electrons. The third-order valence-electron chi connectivity index (χ3n) is 5.06. The minimum absolute atomic E-state index is 0.0247. The summed E-state index contributed by atoms with van der Waals surface area (Å²) in [5, 5.41) is 13.4. The maximum absolute atomic E-state index is 12.3. The van der Waals surface area contributed by atoms with Gasteiger partial charge in [0.15, 0.2) is 16.7 Å². The van der Waals surface area contributed by atoms with Crippen molar-refractivity contribution in [1.29, 1.82) is 0 Å². The van der Waals surface area contributed by atoms with Gasteiger partial charge in [-0.2, -0.15) is 5.10 Å². The van der Waals surface area contributed by atoms with Crippen molar-refractivity contribution in [2.75, 3.05) is 12.4 Å². The van der Waals surface area contributed by atoms with E-state index >= 15 is 0 Å². The van der Waals surface area contributed by atoms with Crippen LogP contribution in [0.1, 0.15) is 17.5 Å². The van der Waals surface area contributed by atoms with Gasteiger partial charge in [-0.3, -0.25) is 9.59 Å². The molecular formula is C26H23BrN4O4S. The number of hydrogen-bond acceptors (Lipinski definition) is 7. The fourth-order valence-corrected chi connectivity index (χ4v) is 4.46. The van der Waals surface area contributed by atoms with Gasteiger partial charge in [0.2, 0.25) is 11.8 Å². The number of amides is 2. The lowest BCUT2D eigenvalue weighted by Crippen LogP contribution is -2.28. The fourth-order valence-electron chi connectivity index (χ4n) is 3.27. The van der Waals surface area contributed by atoms with E-state index in [0.29, 0.717) is 29.0 Å². The molecule has 10 heteroatoms. The number of nitrogens with one attached hydrogen (secondary N) is 2. The molecule has 0 spiro atoms. The van der Waals surface area contributed by atoms with Crippen molar-refractivity contribution in [3.05, 3.63) is 88.4 Å². The average Bonchev–Trinajstić information content (AvgIpc) is 3.23. The van der Waals surface area contributed by atoms with Crippen molar-refractivity contribution in [3.8, 4) is 11.5 Å². The topological polar surface area (TPSA) is 101 Å². The van der Waals surface area contributed by atoms with E-state index in [1.807, 2.05) is 54.6 Å². The Hall–Kier alpha value is -3.63. The fraction of sp³-hybridized carbons (Fsp3) is 0.154. The van der Waals surface area contributed by atoms with Gasteiger partial charge < -0.3 is 20.1 Å². The van der Waals surface area contributed by atoms with Gasteiger partial charge in [0.25, 0.3) is 0 Å². The Kier molecular flexibility index (Phi) is 8.75. The second-order valence-corrected chi connectivity index (χ2v) is 9.80. The molecular weight excluding hydrogens is 544 g/mol. The number of ether oxygens (including phenoxy) is 2. The molecule has 3 aromatic carbocycles. The van der Waals surface area contributed by atoms with Gasteiger partial charge in [0.1, 0.15) is 11.9 Å². The largest absolute Gasteiger partial charge is 0.493 e. The number of thioether (sulfide) groups is 1. The molecule has 36 heavy (non-hydrogen) atoms. The number of carbonyl (C=O) groups excluding carboxylic acids is 2. The molecule has 184 valence electrons. The number of methoxy groups -OCH3 is 1. The zero-order chi connectivity index (χ0) is 25.3. The summed E-state index contributed by atoms with van der Waals surface area (Å²) in [7, 11) is 1.57. The van der Waals surface area contributed by atoms with Crippen molar-refractivity contribution in [1.82, 2.24) is 5.32 Å². The van der Waals surface area contributed by atoms with Gasteiger partial charge in [0, 0.05) is 16.6 Å². The maximum Gasteiger partial charge on any atom is 0.240 e. The molecule has 3 aromatic rings. The highest BCUT2D eigenvalue weighted by atomic mass is 79.9. The number of amidine groups is 1. The lowest BCUT2D eigenvalue weighted by molar-refractivity contribution is -0.122. The first-order valence-electron chi connectivity index (χ1n) is 11.0. The summed E-state index contributed by atoms with van der Waals surface area (Å²) in [4.78, 5) is 24.6. The normalized spacial score (nSPS) is 16.2. The highest BCUT2D eigenvalue weighted by Crippen LogP contribution is 2.28. The Morgan fingerprint density at radius 2 is 1.89 bits per heavy atom. The van der Waals surface area contributed by atoms with Crippen LogP contribution in [0.15, 0.2) is 87.5 Å². The molecule has 1 heterocycles. The first-order chi connectivity index (χ1) is 17.5. The molecule has 2 N–H and O–H groups in total. The van der Waals surface area contributed by atoms with Crippen LogP contribution in [0.2, 0.25) is 0 Å². The third-order valence-corrected chi connectivity index (χ3v) is 6.66. The number of halogens is 1. The summed E-state index contributed by atoms with van der Waals surface area (Å²) in [6.45, 7) is 0.428. The minimum Gasteiger partial charge on any atom is -0.493 e. The van der Waals surface area contributed by atoms with Crippen LogP contribution in [-0.4, -0.2) is 35.6 Å². The van der Waals surface area contributed by atoms with Crippen molar-refractivity contribution < 1.29 is 19.1 Å². The van der Waals surface area contributed by atoms with Gasteiger partial charge >= 0.3 is 0 Å². The molecule has 8 nitrogen and oxygen atoms in total. The number of nitrogens with zero attached hydrogens (tertiary/aromatic N) is 2. The SMILES string of the molecule is COc1cc(C=N/N=C2\NC(=O)C(CC(=O)Nc3ccc(Br)cc3)S2)ccc1OCc1ccccc1. The molecule has 1 unspecified atom stereocenters. The number of carbonyl (C=O) groups is 2. The standard InChI is InChI=1S/C26H23BrN4O4S/c1-34-22-13-18(7-12-21(22)35-16-17-5-3-2-4-6-17)15-28-31-26-30-25(33)23(36-26)14-24(32)29-20-10-8-19(27)9-11-20/h2-13,15,23H,14,16H2,1H3,(H,29,32)(H,30,31,33). The Morgan fingerprint density at radius 1 is 1.11 bits per heavy atom. The van der Waals surface area contributed by atoms with Crippen LogP contribution in [0.4, 0.5) is 5.69 Å². The lowest BCUT2D eigenvalue weighted by atomic mass is 10.2. The maximum atomic E-state index is 12.3. The van der Waals surface area contributed by atoms with Crippen molar-refractivity contribution >= 4 is 56.6 Å². The monoisotopic (exact) mass is 566 g/mol. The summed E-state index contributed by atoms with van der Waals surface area (Å²) in [5.41, 5.74) is 2.47. The molecule has 1 aliphatic heterocycles. The summed E-state index contributed by atoms with van der Waals surface area (Å²) in [5.74, 6) is 0.661. The van der Waals surface area contributed by atoms with Crippen LogP contribution in [0.25, 0.3) is 0 Å². The van der Waals surface area contributed by atoms with E-state index in [9.17, 15) is 9.59 Å². The molecule has 1 atom stereocenters.